The molecule has 0 radical (unpaired) electrons. The van der Waals surface area contributed by atoms with Gasteiger partial charge in [0.2, 0.25) is 0 Å². The van der Waals surface area contributed by atoms with Crippen molar-refractivity contribution in [2.75, 3.05) is 13.1 Å². The van der Waals surface area contributed by atoms with E-state index in [0.717, 1.165) is 17.8 Å². The molecule has 0 bridgehead atoms. The van der Waals surface area contributed by atoms with Gasteiger partial charge in [0.25, 0.3) is 0 Å². The maximum Gasteiger partial charge on any atom is 0.00480 e. The molecule has 2 rings (SSSR count). The summed E-state index contributed by atoms with van der Waals surface area (Å²) in [6, 6.07) is 4.45. The van der Waals surface area contributed by atoms with Gasteiger partial charge in [-0.05, 0) is 61.6 Å². The van der Waals surface area contributed by atoms with Crippen molar-refractivity contribution in [2.45, 2.75) is 33.1 Å². The first-order valence-electron chi connectivity index (χ1n) is 6.49. The number of hydrogen-bond donors (Lipinski definition) is 1. The average Bonchev–Trinajstić information content (AvgIpc) is 2.71. The molecule has 0 amide bonds. The molecule has 2 unspecified atom stereocenters. The minimum absolute atomic E-state index is 0.774. The van der Waals surface area contributed by atoms with E-state index in [1.165, 1.54) is 32.4 Å². The summed E-state index contributed by atoms with van der Waals surface area (Å²) in [5, 5.41) is 5.79. The molecule has 1 fully saturated rings. The van der Waals surface area contributed by atoms with Crippen LogP contribution in [-0.4, -0.2) is 13.1 Å². The minimum Gasteiger partial charge on any atom is -0.316 e. The van der Waals surface area contributed by atoms with Gasteiger partial charge in [0.15, 0.2) is 0 Å². The monoisotopic (exact) mass is 237 g/mol. The lowest BCUT2D eigenvalue weighted by molar-refractivity contribution is 0.170. The zero-order valence-electron chi connectivity index (χ0n) is 10.4. The molecule has 1 nitrogen and oxygen atoms in total. The lowest BCUT2D eigenvalue weighted by Gasteiger charge is -2.37. The van der Waals surface area contributed by atoms with Gasteiger partial charge < -0.3 is 5.32 Å². The fourth-order valence-electron chi connectivity index (χ4n) is 2.42. The van der Waals surface area contributed by atoms with Crippen LogP contribution in [-0.2, 0) is 6.42 Å². The van der Waals surface area contributed by atoms with Crippen molar-refractivity contribution >= 4 is 11.3 Å². The predicted molar refractivity (Wildman–Crippen MR) is 71.9 cm³/mol. The molecule has 1 aromatic rings. The number of hydrogen-bond acceptors (Lipinski definition) is 2. The summed E-state index contributed by atoms with van der Waals surface area (Å²) >= 11 is 1.91. The van der Waals surface area contributed by atoms with E-state index >= 15 is 0 Å². The van der Waals surface area contributed by atoms with E-state index in [9.17, 15) is 0 Å². The van der Waals surface area contributed by atoms with E-state index in [-0.39, 0.29) is 0 Å². The first-order valence-corrected chi connectivity index (χ1v) is 7.36. The standard InChI is InChI=1S/C14H23NS/c1-11(2)9-15-10-13-6-5-12(13)8-14-4-3-7-16-14/h3-4,7,11-13,15H,5-6,8-10H2,1-2H3. The zero-order chi connectivity index (χ0) is 11.4. The SMILES string of the molecule is CC(C)CNCC1CCC1Cc1cccs1. The fraction of sp³-hybridized carbons (Fsp3) is 0.714. The third-order valence-electron chi connectivity index (χ3n) is 3.58. The van der Waals surface area contributed by atoms with E-state index in [2.05, 4.69) is 36.7 Å². The van der Waals surface area contributed by atoms with Crippen molar-refractivity contribution in [3.63, 3.8) is 0 Å². The Bertz CT molecular complexity index is 292. The molecular weight excluding hydrogens is 214 g/mol. The van der Waals surface area contributed by atoms with Crippen molar-refractivity contribution in [1.82, 2.24) is 5.32 Å². The quantitative estimate of drug-likeness (QED) is 0.797. The molecule has 0 saturated heterocycles. The average molecular weight is 237 g/mol. The largest absolute Gasteiger partial charge is 0.316 e. The fourth-order valence-corrected chi connectivity index (χ4v) is 3.22. The summed E-state index contributed by atoms with van der Waals surface area (Å²) in [6.45, 7) is 6.95. The van der Waals surface area contributed by atoms with Gasteiger partial charge >= 0.3 is 0 Å². The Kier molecular flexibility index (Phi) is 4.42. The van der Waals surface area contributed by atoms with E-state index in [4.69, 9.17) is 0 Å². The normalized spacial score (nSPS) is 24.7. The maximum atomic E-state index is 3.60. The Morgan fingerprint density at radius 3 is 2.75 bits per heavy atom. The van der Waals surface area contributed by atoms with Gasteiger partial charge in [-0.3, -0.25) is 0 Å². The zero-order valence-corrected chi connectivity index (χ0v) is 11.2. The molecule has 16 heavy (non-hydrogen) atoms. The second kappa shape index (κ2) is 5.83. The summed E-state index contributed by atoms with van der Waals surface area (Å²) in [4.78, 5) is 1.57. The Morgan fingerprint density at radius 1 is 1.38 bits per heavy atom. The van der Waals surface area contributed by atoms with Gasteiger partial charge in [-0.2, -0.15) is 0 Å². The summed E-state index contributed by atoms with van der Waals surface area (Å²) in [5.41, 5.74) is 0. The van der Waals surface area contributed by atoms with Gasteiger partial charge in [0, 0.05) is 4.88 Å². The molecule has 90 valence electrons. The highest BCUT2D eigenvalue weighted by Crippen LogP contribution is 2.37. The molecule has 1 heterocycles. The second-order valence-electron chi connectivity index (χ2n) is 5.43. The molecule has 0 spiro atoms. The molecule has 1 saturated carbocycles. The van der Waals surface area contributed by atoms with Crippen molar-refractivity contribution in [3.05, 3.63) is 22.4 Å². The first kappa shape index (κ1) is 12.1. The van der Waals surface area contributed by atoms with E-state index in [0.29, 0.717) is 0 Å². The van der Waals surface area contributed by atoms with Crippen LogP contribution in [0, 0.1) is 17.8 Å². The summed E-state index contributed by atoms with van der Waals surface area (Å²) < 4.78 is 0. The van der Waals surface area contributed by atoms with Gasteiger partial charge in [-0.1, -0.05) is 19.9 Å². The van der Waals surface area contributed by atoms with Crippen LogP contribution in [0.5, 0.6) is 0 Å². The van der Waals surface area contributed by atoms with Crippen molar-refractivity contribution in [1.29, 1.82) is 0 Å². The number of nitrogens with one attached hydrogen (secondary N) is 1. The van der Waals surface area contributed by atoms with Crippen LogP contribution in [0.2, 0.25) is 0 Å². The Labute approximate surface area is 103 Å². The summed E-state index contributed by atoms with van der Waals surface area (Å²) in [7, 11) is 0. The van der Waals surface area contributed by atoms with Crippen molar-refractivity contribution in [2.24, 2.45) is 17.8 Å². The van der Waals surface area contributed by atoms with Crippen LogP contribution in [0.1, 0.15) is 31.6 Å². The van der Waals surface area contributed by atoms with Crippen LogP contribution < -0.4 is 5.32 Å². The molecular formula is C14H23NS. The topological polar surface area (TPSA) is 12.0 Å². The molecule has 0 aliphatic heterocycles. The third kappa shape index (κ3) is 3.33. The van der Waals surface area contributed by atoms with Crippen LogP contribution in [0.15, 0.2) is 17.5 Å². The molecule has 1 N–H and O–H groups in total. The molecule has 2 atom stereocenters. The Hall–Kier alpha value is -0.340. The molecule has 0 aromatic carbocycles. The lowest BCUT2D eigenvalue weighted by Crippen LogP contribution is -2.37. The highest BCUT2D eigenvalue weighted by Gasteiger charge is 2.30. The maximum absolute atomic E-state index is 3.60. The Balaban J connectivity index is 1.68. The molecule has 1 aliphatic carbocycles. The van der Waals surface area contributed by atoms with E-state index < -0.39 is 0 Å². The van der Waals surface area contributed by atoms with Crippen molar-refractivity contribution in [3.8, 4) is 0 Å². The molecule has 1 aromatic heterocycles. The van der Waals surface area contributed by atoms with Crippen LogP contribution in [0.25, 0.3) is 0 Å². The lowest BCUT2D eigenvalue weighted by atomic mass is 9.71. The van der Waals surface area contributed by atoms with Gasteiger partial charge in [-0.25, -0.2) is 0 Å². The van der Waals surface area contributed by atoms with Gasteiger partial charge in [-0.15, -0.1) is 11.3 Å². The predicted octanol–water partition coefficient (Wildman–Crippen LogP) is 3.56. The van der Waals surface area contributed by atoms with Gasteiger partial charge in [0.1, 0.15) is 0 Å². The first-order chi connectivity index (χ1) is 7.75. The van der Waals surface area contributed by atoms with Crippen molar-refractivity contribution < 1.29 is 0 Å². The second-order valence-corrected chi connectivity index (χ2v) is 6.47. The molecule has 2 heteroatoms. The van der Waals surface area contributed by atoms with E-state index in [1.54, 1.807) is 4.88 Å². The number of thiophene rings is 1. The van der Waals surface area contributed by atoms with Crippen LogP contribution in [0.4, 0.5) is 0 Å². The van der Waals surface area contributed by atoms with Crippen LogP contribution in [0.3, 0.4) is 0 Å². The van der Waals surface area contributed by atoms with Crippen LogP contribution >= 0.6 is 11.3 Å². The van der Waals surface area contributed by atoms with E-state index in [1.807, 2.05) is 11.3 Å². The third-order valence-corrected chi connectivity index (χ3v) is 4.48. The highest BCUT2D eigenvalue weighted by molar-refractivity contribution is 7.09. The molecule has 1 aliphatic rings. The minimum atomic E-state index is 0.774. The highest BCUT2D eigenvalue weighted by atomic mass is 32.1. The summed E-state index contributed by atoms with van der Waals surface area (Å²) in [6.07, 6.45) is 4.18. The smallest absolute Gasteiger partial charge is 0.00480 e. The number of rotatable bonds is 6. The Morgan fingerprint density at radius 2 is 2.19 bits per heavy atom. The summed E-state index contributed by atoms with van der Waals surface area (Å²) in [5.74, 6) is 2.65. The van der Waals surface area contributed by atoms with Gasteiger partial charge in [0.05, 0.1) is 0 Å².